The van der Waals surface area contributed by atoms with Gasteiger partial charge in [-0.15, -0.1) is 0 Å². The molecule has 3 nitrogen and oxygen atoms in total. The van der Waals surface area contributed by atoms with Crippen LogP contribution in [0.25, 0.3) is 22.4 Å². The van der Waals surface area contributed by atoms with Gasteiger partial charge in [-0.3, -0.25) is 4.98 Å². The molecule has 2 heterocycles. The molecular weight excluding hydrogens is 333 g/mol. The molecule has 0 atom stereocenters. The van der Waals surface area contributed by atoms with Crippen LogP contribution in [-0.4, -0.2) is 23.3 Å². The van der Waals surface area contributed by atoms with Gasteiger partial charge in [-0.1, -0.05) is 60.7 Å². The van der Waals surface area contributed by atoms with Crippen molar-refractivity contribution in [2.75, 3.05) is 0 Å². The van der Waals surface area contributed by atoms with Gasteiger partial charge in [-0.25, -0.2) is 0 Å². The summed E-state index contributed by atoms with van der Waals surface area (Å²) in [5.41, 5.74) is 4.43. The van der Waals surface area contributed by atoms with Crippen LogP contribution in [0, 0.1) is 0 Å². The van der Waals surface area contributed by atoms with E-state index in [-0.39, 0.29) is 11.2 Å². The van der Waals surface area contributed by atoms with Crippen LogP contribution in [0.5, 0.6) is 0 Å². The fraction of sp³-hybridized carbons (Fsp3) is 0.261. The van der Waals surface area contributed by atoms with Crippen LogP contribution in [0.2, 0.25) is 0 Å². The molecule has 1 aromatic heterocycles. The smallest absolute Gasteiger partial charge is 0.399 e. The van der Waals surface area contributed by atoms with Gasteiger partial charge in [-0.2, -0.15) is 0 Å². The van der Waals surface area contributed by atoms with Crippen molar-refractivity contribution >= 4 is 12.6 Å². The highest BCUT2D eigenvalue weighted by atomic mass is 16.7. The average Bonchev–Trinajstić information content (AvgIpc) is 2.90. The van der Waals surface area contributed by atoms with Crippen LogP contribution in [-0.2, 0) is 9.31 Å². The number of benzene rings is 2. The number of rotatable bonds is 3. The first-order valence-electron chi connectivity index (χ1n) is 9.34. The maximum Gasteiger partial charge on any atom is 0.497 e. The summed E-state index contributed by atoms with van der Waals surface area (Å²) < 4.78 is 12.6. The molecule has 0 saturated carbocycles. The van der Waals surface area contributed by atoms with Crippen molar-refractivity contribution in [3.05, 3.63) is 72.9 Å². The molecule has 0 aliphatic carbocycles. The first-order valence-corrected chi connectivity index (χ1v) is 9.34. The summed E-state index contributed by atoms with van der Waals surface area (Å²) in [6, 6.07) is 22.7. The summed E-state index contributed by atoms with van der Waals surface area (Å²) >= 11 is 0. The summed E-state index contributed by atoms with van der Waals surface area (Å²) in [7, 11) is -0.442. The third-order valence-electron chi connectivity index (χ3n) is 5.60. The van der Waals surface area contributed by atoms with E-state index in [1.54, 1.807) is 0 Å². The molecule has 0 N–H and O–H groups in total. The average molecular weight is 357 g/mol. The minimum absolute atomic E-state index is 0.385. The number of hydrogen-bond acceptors (Lipinski definition) is 3. The third-order valence-corrected chi connectivity index (χ3v) is 5.60. The lowest BCUT2D eigenvalue weighted by atomic mass is 9.75. The summed E-state index contributed by atoms with van der Waals surface area (Å²) in [6.45, 7) is 8.28. The summed E-state index contributed by atoms with van der Waals surface area (Å²) in [5.74, 6) is 0. The van der Waals surface area contributed by atoms with Crippen LogP contribution in [0.4, 0.5) is 0 Å². The van der Waals surface area contributed by atoms with Crippen molar-refractivity contribution in [1.82, 2.24) is 4.98 Å². The fourth-order valence-corrected chi connectivity index (χ4v) is 3.26. The van der Waals surface area contributed by atoms with Gasteiger partial charge in [0.05, 0.1) is 16.9 Å². The second kappa shape index (κ2) is 6.63. The highest BCUT2D eigenvalue weighted by molar-refractivity contribution is 6.63. The molecule has 27 heavy (non-hydrogen) atoms. The lowest BCUT2D eigenvalue weighted by Crippen LogP contribution is -2.41. The minimum Gasteiger partial charge on any atom is -0.399 e. The number of hydrogen-bond donors (Lipinski definition) is 0. The third kappa shape index (κ3) is 3.31. The molecule has 0 unspecified atom stereocenters. The molecule has 1 saturated heterocycles. The zero-order valence-electron chi connectivity index (χ0n) is 16.3. The monoisotopic (exact) mass is 357 g/mol. The van der Waals surface area contributed by atoms with Gasteiger partial charge < -0.3 is 9.31 Å². The van der Waals surface area contributed by atoms with Crippen LogP contribution in [0.15, 0.2) is 72.9 Å². The van der Waals surface area contributed by atoms with Crippen LogP contribution in [0.3, 0.4) is 0 Å². The Bertz CT molecular complexity index is 923. The van der Waals surface area contributed by atoms with Crippen molar-refractivity contribution in [2.45, 2.75) is 38.9 Å². The van der Waals surface area contributed by atoms with E-state index in [1.807, 2.05) is 42.6 Å². The Morgan fingerprint density at radius 3 is 1.81 bits per heavy atom. The van der Waals surface area contributed by atoms with E-state index in [4.69, 9.17) is 14.3 Å². The van der Waals surface area contributed by atoms with Crippen LogP contribution in [0.1, 0.15) is 27.7 Å². The van der Waals surface area contributed by atoms with E-state index in [9.17, 15) is 0 Å². The molecule has 4 rings (SSSR count). The first kappa shape index (κ1) is 18.0. The second-order valence-electron chi connectivity index (χ2n) is 7.98. The molecular formula is C23H24BNO2. The van der Waals surface area contributed by atoms with Crippen molar-refractivity contribution < 1.29 is 9.31 Å². The zero-order valence-corrected chi connectivity index (χ0v) is 16.3. The Hall–Kier alpha value is -2.43. The van der Waals surface area contributed by atoms with E-state index in [2.05, 4.69) is 58.0 Å². The van der Waals surface area contributed by atoms with E-state index in [1.165, 1.54) is 0 Å². The van der Waals surface area contributed by atoms with E-state index in [0.717, 1.165) is 27.8 Å². The van der Waals surface area contributed by atoms with Gasteiger partial charge in [0.25, 0.3) is 0 Å². The highest BCUT2D eigenvalue weighted by Gasteiger charge is 2.52. The van der Waals surface area contributed by atoms with Gasteiger partial charge in [0.1, 0.15) is 0 Å². The summed E-state index contributed by atoms with van der Waals surface area (Å²) in [5, 5.41) is 0. The minimum atomic E-state index is -0.442. The van der Waals surface area contributed by atoms with E-state index >= 15 is 0 Å². The van der Waals surface area contributed by atoms with Crippen LogP contribution < -0.4 is 5.46 Å². The highest BCUT2D eigenvalue weighted by Crippen LogP contribution is 2.37. The Labute approximate surface area is 161 Å². The van der Waals surface area contributed by atoms with Crippen molar-refractivity contribution in [3.63, 3.8) is 0 Å². The zero-order chi connectivity index (χ0) is 19.1. The van der Waals surface area contributed by atoms with Crippen molar-refractivity contribution in [3.8, 4) is 22.4 Å². The molecule has 0 bridgehead atoms. The van der Waals surface area contributed by atoms with Gasteiger partial charge >= 0.3 is 7.12 Å². The maximum atomic E-state index is 6.30. The lowest BCUT2D eigenvalue weighted by Gasteiger charge is -2.32. The quantitative estimate of drug-likeness (QED) is 0.636. The Morgan fingerprint density at radius 1 is 0.741 bits per heavy atom. The van der Waals surface area contributed by atoms with Crippen molar-refractivity contribution in [1.29, 1.82) is 0 Å². The lowest BCUT2D eigenvalue weighted by molar-refractivity contribution is 0.00578. The molecule has 3 aromatic rings. The van der Waals surface area contributed by atoms with E-state index in [0.29, 0.717) is 0 Å². The van der Waals surface area contributed by atoms with Crippen molar-refractivity contribution in [2.24, 2.45) is 0 Å². The molecule has 4 heteroatoms. The molecule has 2 aromatic carbocycles. The van der Waals surface area contributed by atoms with Gasteiger partial charge in [0.15, 0.2) is 0 Å². The molecule has 0 spiro atoms. The number of pyridine rings is 1. The fourth-order valence-electron chi connectivity index (χ4n) is 3.26. The molecule has 1 aliphatic heterocycles. The summed E-state index contributed by atoms with van der Waals surface area (Å²) in [4.78, 5) is 4.72. The predicted molar refractivity (Wildman–Crippen MR) is 111 cm³/mol. The van der Waals surface area contributed by atoms with Gasteiger partial charge in [-0.05, 0) is 44.9 Å². The van der Waals surface area contributed by atoms with E-state index < -0.39 is 7.12 Å². The Balaban J connectivity index is 1.83. The molecule has 0 radical (unpaired) electrons. The second-order valence-corrected chi connectivity index (χ2v) is 7.98. The number of aromatic nitrogens is 1. The Morgan fingerprint density at radius 2 is 1.26 bits per heavy atom. The molecule has 136 valence electrons. The topological polar surface area (TPSA) is 31.4 Å². The maximum absolute atomic E-state index is 6.30. The largest absolute Gasteiger partial charge is 0.497 e. The normalized spacial score (nSPS) is 17.9. The van der Waals surface area contributed by atoms with Crippen LogP contribution >= 0.6 is 0 Å². The van der Waals surface area contributed by atoms with Gasteiger partial charge in [0, 0.05) is 17.2 Å². The molecule has 0 amide bonds. The SMILES string of the molecule is CC1(C)OB(c2cnc(-c3ccccc3)cc2-c2ccccc2)OC1(C)C. The Kier molecular flexibility index (Phi) is 4.41. The predicted octanol–water partition coefficient (Wildman–Crippen LogP) is 4.71. The first-order chi connectivity index (χ1) is 12.9. The number of nitrogens with zero attached hydrogens (tertiary/aromatic N) is 1. The molecule has 1 aliphatic rings. The molecule has 1 fully saturated rings. The van der Waals surface area contributed by atoms with Gasteiger partial charge in [0.2, 0.25) is 0 Å². The summed E-state index contributed by atoms with van der Waals surface area (Å²) in [6.07, 6.45) is 1.90. The standard InChI is InChI=1S/C23H24BNO2/c1-22(2)23(3,4)27-24(26-22)20-16-25-21(18-13-9-6-10-14-18)15-19(20)17-11-7-5-8-12-17/h5-16H,1-4H3.